The van der Waals surface area contributed by atoms with E-state index in [1.807, 2.05) is 0 Å². The minimum absolute atomic E-state index is 0.698. The van der Waals surface area contributed by atoms with Gasteiger partial charge in [-0.3, -0.25) is 0 Å². The molecule has 17 heavy (non-hydrogen) atoms. The quantitative estimate of drug-likeness (QED) is 0.629. The Hall–Kier alpha value is -0.0800. The first-order valence-corrected chi connectivity index (χ1v) is 7.73. The third-order valence-electron chi connectivity index (χ3n) is 4.09. The zero-order chi connectivity index (χ0) is 12.1. The molecular formula is C15H30N2. The summed E-state index contributed by atoms with van der Waals surface area (Å²) in [6, 6.07) is 0.698. The van der Waals surface area contributed by atoms with E-state index in [4.69, 9.17) is 0 Å². The van der Waals surface area contributed by atoms with Gasteiger partial charge in [0, 0.05) is 19.1 Å². The van der Waals surface area contributed by atoms with Gasteiger partial charge in [0.15, 0.2) is 0 Å². The van der Waals surface area contributed by atoms with Crippen molar-refractivity contribution >= 4 is 0 Å². The van der Waals surface area contributed by atoms with Gasteiger partial charge < -0.3 is 10.2 Å². The molecule has 2 fully saturated rings. The molecule has 1 atom stereocenters. The third-order valence-corrected chi connectivity index (χ3v) is 4.09. The van der Waals surface area contributed by atoms with Crippen molar-refractivity contribution in [1.82, 2.24) is 10.2 Å². The largest absolute Gasteiger partial charge is 0.315 e. The zero-order valence-corrected chi connectivity index (χ0v) is 11.8. The van der Waals surface area contributed by atoms with E-state index in [1.54, 1.807) is 0 Å². The molecule has 2 heteroatoms. The van der Waals surface area contributed by atoms with Gasteiger partial charge in [0.1, 0.15) is 0 Å². The zero-order valence-electron chi connectivity index (χ0n) is 11.8. The molecule has 0 spiro atoms. The van der Waals surface area contributed by atoms with Crippen LogP contribution >= 0.6 is 0 Å². The van der Waals surface area contributed by atoms with Gasteiger partial charge in [-0.25, -0.2) is 0 Å². The van der Waals surface area contributed by atoms with Crippen molar-refractivity contribution in [3.63, 3.8) is 0 Å². The maximum Gasteiger partial charge on any atom is 0.00390 e. The second-order valence-corrected chi connectivity index (χ2v) is 6.25. The standard InChI is InChI=1S/C15H30N2/c1-3-16-13(2)5-4-10-17(11-14-6-7-14)12-15-8-9-15/h13-16H,3-12H2,1-2H3. The smallest absolute Gasteiger partial charge is 0.00390 e. The second kappa shape index (κ2) is 6.75. The van der Waals surface area contributed by atoms with Crippen LogP contribution in [0.25, 0.3) is 0 Å². The average molecular weight is 238 g/mol. The third kappa shape index (κ3) is 5.87. The Bertz CT molecular complexity index is 195. The molecular weight excluding hydrogens is 208 g/mol. The van der Waals surface area contributed by atoms with E-state index in [2.05, 4.69) is 24.1 Å². The SMILES string of the molecule is CCNC(C)CCCN(CC1CC1)CC1CC1. The molecule has 0 saturated heterocycles. The molecule has 2 rings (SSSR count). The Morgan fingerprint density at radius 3 is 2.18 bits per heavy atom. The number of hydrogen-bond acceptors (Lipinski definition) is 2. The maximum atomic E-state index is 3.51. The molecule has 0 aromatic carbocycles. The van der Waals surface area contributed by atoms with Crippen molar-refractivity contribution in [3.8, 4) is 0 Å². The van der Waals surface area contributed by atoms with Crippen LogP contribution < -0.4 is 5.32 Å². The fraction of sp³-hybridized carbons (Fsp3) is 1.00. The molecule has 1 N–H and O–H groups in total. The van der Waals surface area contributed by atoms with Crippen LogP contribution in [0.3, 0.4) is 0 Å². The Kier molecular flexibility index (Phi) is 5.30. The lowest BCUT2D eigenvalue weighted by Gasteiger charge is -2.23. The molecule has 2 aliphatic rings. The van der Waals surface area contributed by atoms with E-state index in [9.17, 15) is 0 Å². The summed E-state index contributed by atoms with van der Waals surface area (Å²) in [5, 5.41) is 3.51. The Labute approximate surface area is 107 Å². The lowest BCUT2D eigenvalue weighted by molar-refractivity contribution is 0.244. The Balaban J connectivity index is 1.57. The molecule has 0 aliphatic heterocycles. The Morgan fingerprint density at radius 2 is 1.71 bits per heavy atom. The normalized spacial score (nSPS) is 22.1. The highest BCUT2D eigenvalue weighted by molar-refractivity contribution is 4.82. The lowest BCUT2D eigenvalue weighted by Crippen LogP contribution is -2.31. The van der Waals surface area contributed by atoms with Crippen LogP contribution in [0.15, 0.2) is 0 Å². The molecule has 2 nitrogen and oxygen atoms in total. The van der Waals surface area contributed by atoms with Crippen LogP contribution in [0, 0.1) is 11.8 Å². The van der Waals surface area contributed by atoms with Crippen molar-refractivity contribution in [2.24, 2.45) is 11.8 Å². The molecule has 0 heterocycles. The summed E-state index contributed by atoms with van der Waals surface area (Å²) in [5.41, 5.74) is 0. The van der Waals surface area contributed by atoms with E-state index in [0.717, 1.165) is 18.4 Å². The predicted molar refractivity (Wildman–Crippen MR) is 74.3 cm³/mol. The van der Waals surface area contributed by atoms with Gasteiger partial charge in [-0.15, -0.1) is 0 Å². The van der Waals surface area contributed by atoms with Crippen LogP contribution in [0.5, 0.6) is 0 Å². The summed E-state index contributed by atoms with van der Waals surface area (Å²) in [5.74, 6) is 2.11. The van der Waals surface area contributed by atoms with Gasteiger partial charge >= 0.3 is 0 Å². The van der Waals surface area contributed by atoms with Gasteiger partial charge in [-0.05, 0) is 70.4 Å². The summed E-state index contributed by atoms with van der Waals surface area (Å²) < 4.78 is 0. The van der Waals surface area contributed by atoms with E-state index in [-0.39, 0.29) is 0 Å². The van der Waals surface area contributed by atoms with Crippen molar-refractivity contribution in [2.75, 3.05) is 26.2 Å². The van der Waals surface area contributed by atoms with Crippen LogP contribution in [-0.2, 0) is 0 Å². The van der Waals surface area contributed by atoms with E-state index in [1.165, 1.54) is 58.2 Å². The van der Waals surface area contributed by atoms with Gasteiger partial charge in [-0.2, -0.15) is 0 Å². The van der Waals surface area contributed by atoms with Crippen molar-refractivity contribution in [3.05, 3.63) is 0 Å². The van der Waals surface area contributed by atoms with Crippen molar-refractivity contribution in [1.29, 1.82) is 0 Å². The molecule has 0 radical (unpaired) electrons. The minimum Gasteiger partial charge on any atom is -0.315 e. The van der Waals surface area contributed by atoms with Crippen molar-refractivity contribution in [2.45, 2.75) is 58.4 Å². The Morgan fingerprint density at radius 1 is 1.12 bits per heavy atom. The summed E-state index contributed by atoms with van der Waals surface area (Å²) in [7, 11) is 0. The molecule has 0 aromatic heterocycles. The van der Waals surface area contributed by atoms with Crippen LogP contribution in [0.1, 0.15) is 52.4 Å². The molecule has 2 aliphatic carbocycles. The summed E-state index contributed by atoms with van der Waals surface area (Å²) in [4.78, 5) is 2.76. The van der Waals surface area contributed by atoms with Gasteiger partial charge in [0.2, 0.25) is 0 Å². The van der Waals surface area contributed by atoms with Crippen LogP contribution in [0.2, 0.25) is 0 Å². The maximum absolute atomic E-state index is 3.51. The fourth-order valence-electron chi connectivity index (χ4n) is 2.66. The van der Waals surface area contributed by atoms with Crippen molar-refractivity contribution < 1.29 is 0 Å². The number of hydrogen-bond donors (Lipinski definition) is 1. The number of rotatable bonds is 10. The average Bonchev–Trinajstić information content (AvgIpc) is 3.13. The molecule has 1 unspecified atom stereocenters. The lowest BCUT2D eigenvalue weighted by atomic mass is 10.1. The first-order chi connectivity index (χ1) is 8.28. The first-order valence-electron chi connectivity index (χ1n) is 7.73. The molecule has 2 saturated carbocycles. The minimum atomic E-state index is 0.698. The monoisotopic (exact) mass is 238 g/mol. The van der Waals surface area contributed by atoms with Crippen LogP contribution in [0.4, 0.5) is 0 Å². The fourth-order valence-corrected chi connectivity index (χ4v) is 2.66. The highest BCUT2D eigenvalue weighted by Crippen LogP contribution is 2.33. The second-order valence-electron chi connectivity index (χ2n) is 6.25. The summed E-state index contributed by atoms with van der Waals surface area (Å²) in [6.07, 6.45) is 8.68. The topological polar surface area (TPSA) is 15.3 Å². The van der Waals surface area contributed by atoms with Crippen LogP contribution in [-0.4, -0.2) is 37.1 Å². The van der Waals surface area contributed by atoms with E-state index >= 15 is 0 Å². The summed E-state index contributed by atoms with van der Waals surface area (Å²) >= 11 is 0. The molecule has 0 aromatic rings. The highest BCUT2D eigenvalue weighted by atomic mass is 15.1. The van der Waals surface area contributed by atoms with Gasteiger partial charge in [0.05, 0.1) is 0 Å². The predicted octanol–water partition coefficient (Wildman–Crippen LogP) is 2.89. The number of nitrogens with zero attached hydrogens (tertiary/aromatic N) is 1. The first kappa shape index (κ1) is 13.4. The van der Waals surface area contributed by atoms with E-state index in [0.29, 0.717) is 6.04 Å². The summed E-state index contributed by atoms with van der Waals surface area (Å²) in [6.45, 7) is 9.74. The van der Waals surface area contributed by atoms with E-state index < -0.39 is 0 Å². The van der Waals surface area contributed by atoms with Gasteiger partial charge in [0.25, 0.3) is 0 Å². The highest BCUT2D eigenvalue weighted by Gasteiger charge is 2.28. The number of nitrogens with one attached hydrogen (secondary N) is 1. The molecule has 0 bridgehead atoms. The molecule has 0 amide bonds. The molecule has 100 valence electrons. The van der Waals surface area contributed by atoms with Gasteiger partial charge in [-0.1, -0.05) is 6.92 Å².